The van der Waals surface area contributed by atoms with Gasteiger partial charge >= 0.3 is 0 Å². The number of hydrogen-bond donors (Lipinski definition) is 1. The Bertz CT molecular complexity index is 273. The van der Waals surface area contributed by atoms with Crippen LogP contribution >= 0.6 is 0 Å². The molecule has 0 spiro atoms. The predicted molar refractivity (Wildman–Crippen MR) is 70.4 cm³/mol. The van der Waals surface area contributed by atoms with Gasteiger partial charge in [-0.2, -0.15) is 0 Å². The third-order valence-corrected chi connectivity index (χ3v) is 4.01. The van der Waals surface area contributed by atoms with Crippen LogP contribution in [-0.4, -0.2) is 33.0 Å². The zero-order valence-corrected chi connectivity index (χ0v) is 12.1. The average molecular weight is 249 g/mol. The SMILES string of the molecule is CCCNC(C)C(CCS(C)(=O)=O)C(C)C. The maximum absolute atomic E-state index is 11.2. The first-order valence-corrected chi connectivity index (χ1v) is 8.25. The Balaban J connectivity index is 4.26. The topological polar surface area (TPSA) is 46.2 Å². The Morgan fingerprint density at radius 1 is 1.19 bits per heavy atom. The van der Waals surface area contributed by atoms with Gasteiger partial charge in [-0.25, -0.2) is 8.42 Å². The van der Waals surface area contributed by atoms with E-state index in [0.29, 0.717) is 23.6 Å². The van der Waals surface area contributed by atoms with Crippen molar-refractivity contribution in [2.75, 3.05) is 18.6 Å². The Kier molecular flexibility index (Phi) is 7.24. The lowest BCUT2D eigenvalue weighted by atomic mass is 9.87. The summed E-state index contributed by atoms with van der Waals surface area (Å²) in [5.74, 6) is 1.25. The standard InChI is InChI=1S/C12H27NO2S/c1-6-8-13-11(4)12(10(2)3)7-9-16(5,14)15/h10-13H,6-9H2,1-5H3. The highest BCUT2D eigenvalue weighted by atomic mass is 32.2. The smallest absolute Gasteiger partial charge is 0.147 e. The van der Waals surface area contributed by atoms with Gasteiger partial charge in [-0.05, 0) is 38.1 Å². The highest BCUT2D eigenvalue weighted by molar-refractivity contribution is 7.90. The zero-order valence-electron chi connectivity index (χ0n) is 11.3. The first-order valence-electron chi connectivity index (χ1n) is 6.19. The van der Waals surface area contributed by atoms with Crippen LogP contribution in [0.15, 0.2) is 0 Å². The largest absolute Gasteiger partial charge is 0.314 e. The van der Waals surface area contributed by atoms with Crippen molar-refractivity contribution in [1.29, 1.82) is 0 Å². The normalized spacial score (nSPS) is 16.4. The first kappa shape index (κ1) is 15.9. The van der Waals surface area contributed by atoms with E-state index in [2.05, 4.69) is 33.0 Å². The van der Waals surface area contributed by atoms with Gasteiger partial charge in [-0.15, -0.1) is 0 Å². The van der Waals surface area contributed by atoms with E-state index in [1.165, 1.54) is 6.26 Å². The Morgan fingerprint density at radius 2 is 1.75 bits per heavy atom. The summed E-state index contributed by atoms with van der Waals surface area (Å²) >= 11 is 0. The molecule has 0 bridgehead atoms. The van der Waals surface area contributed by atoms with Gasteiger partial charge in [0, 0.05) is 12.3 Å². The van der Waals surface area contributed by atoms with Crippen LogP contribution in [0.25, 0.3) is 0 Å². The van der Waals surface area contributed by atoms with E-state index < -0.39 is 9.84 Å². The average Bonchev–Trinajstić information content (AvgIpc) is 2.12. The highest BCUT2D eigenvalue weighted by Crippen LogP contribution is 2.20. The first-order chi connectivity index (χ1) is 7.28. The number of hydrogen-bond acceptors (Lipinski definition) is 3. The van der Waals surface area contributed by atoms with Gasteiger partial charge in [0.15, 0.2) is 0 Å². The fraction of sp³-hybridized carbons (Fsp3) is 1.00. The van der Waals surface area contributed by atoms with E-state index >= 15 is 0 Å². The van der Waals surface area contributed by atoms with E-state index in [4.69, 9.17) is 0 Å². The van der Waals surface area contributed by atoms with E-state index in [1.807, 2.05) is 0 Å². The second kappa shape index (κ2) is 7.28. The molecule has 0 aliphatic carbocycles. The molecule has 1 N–H and O–H groups in total. The molecule has 98 valence electrons. The summed E-state index contributed by atoms with van der Waals surface area (Å²) in [7, 11) is -2.83. The molecule has 0 aliphatic heterocycles. The van der Waals surface area contributed by atoms with Crippen molar-refractivity contribution in [3.8, 4) is 0 Å². The lowest BCUT2D eigenvalue weighted by Gasteiger charge is -2.28. The van der Waals surface area contributed by atoms with E-state index in [0.717, 1.165) is 19.4 Å². The van der Waals surface area contributed by atoms with Crippen molar-refractivity contribution in [3.05, 3.63) is 0 Å². The monoisotopic (exact) mass is 249 g/mol. The Hall–Kier alpha value is -0.0900. The van der Waals surface area contributed by atoms with Crippen LogP contribution in [0.5, 0.6) is 0 Å². The summed E-state index contributed by atoms with van der Waals surface area (Å²) in [5.41, 5.74) is 0. The van der Waals surface area contributed by atoms with Crippen LogP contribution in [0.2, 0.25) is 0 Å². The van der Waals surface area contributed by atoms with Crippen LogP contribution in [0, 0.1) is 11.8 Å². The molecule has 4 heteroatoms. The summed E-state index contributed by atoms with van der Waals surface area (Å²) in [4.78, 5) is 0. The summed E-state index contributed by atoms with van der Waals surface area (Å²) in [6, 6.07) is 0.390. The van der Waals surface area contributed by atoms with E-state index in [9.17, 15) is 8.42 Å². The van der Waals surface area contributed by atoms with Gasteiger partial charge in [-0.1, -0.05) is 20.8 Å². The van der Waals surface area contributed by atoms with Crippen molar-refractivity contribution in [2.45, 2.75) is 46.6 Å². The van der Waals surface area contributed by atoms with E-state index in [1.54, 1.807) is 0 Å². The molecule has 0 fully saturated rings. The molecule has 0 amide bonds. The summed E-state index contributed by atoms with van der Waals surface area (Å²) < 4.78 is 22.3. The molecule has 0 rings (SSSR count). The van der Waals surface area contributed by atoms with Crippen molar-refractivity contribution >= 4 is 9.84 Å². The highest BCUT2D eigenvalue weighted by Gasteiger charge is 2.21. The molecular weight excluding hydrogens is 222 g/mol. The van der Waals surface area contributed by atoms with Gasteiger partial charge in [0.25, 0.3) is 0 Å². The fourth-order valence-corrected chi connectivity index (χ4v) is 2.73. The molecular formula is C12H27NO2S. The molecule has 0 aromatic heterocycles. The molecule has 0 aromatic rings. The van der Waals surface area contributed by atoms with Gasteiger partial charge in [0.2, 0.25) is 0 Å². The quantitative estimate of drug-likeness (QED) is 0.716. The number of nitrogens with one attached hydrogen (secondary N) is 1. The van der Waals surface area contributed by atoms with E-state index in [-0.39, 0.29) is 0 Å². The Morgan fingerprint density at radius 3 is 2.12 bits per heavy atom. The van der Waals surface area contributed by atoms with Crippen LogP contribution in [-0.2, 0) is 9.84 Å². The fourth-order valence-electron chi connectivity index (χ4n) is 2.03. The molecule has 2 atom stereocenters. The zero-order chi connectivity index (χ0) is 12.8. The van der Waals surface area contributed by atoms with Crippen molar-refractivity contribution in [3.63, 3.8) is 0 Å². The van der Waals surface area contributed by atoms with Gasteiger partial charge in [0.05, 0.1) is 5.75 Å². The minimum atomic E-state index is -2.83. The van der Waals surface area contributed by atoms with Crippen molar-refractivity contribution < 1.29 is 8.42 Å². The summed E-state index contributed by atoms with van der Waals surface area (Å²) in [6.07, 6.45) is 3.18. The third kappa shape index (κ3) is 7.23. The maximum Gasteiger partial charge on any atom is 0.147 e. The molecule has 0 saturated carbocycles. The van der Waals surface area contributed by atoms with Gasteiger partial charge in [0.1, 0.15) is 9.84 Å². The van der Waals surface area contributed by atoms with Crippen molar-refractivity contribution in [2.24, 2.45) is 11.8 Å². The Labute approximate surface area is 101 Å². The van der Waals surface area contributed by atoms with Gasteiger partial charge < -0.3 is 5.32 Å². The maximum atomic E-state index is 11.2. The van der Waals surface area contributed by atoms with Crippen LogP contribution < -0.4 is 5.32 Å². The molecule has 3 nitrogen and oxygen atoms in total. The molecule has 0 radical (unpaired) electrons. The minimum absolute atomic E-state index is 0.300. The molecule has 0 aromatic carbocycles. The van der Waals surface area contributed by atoms with Crippen molar-refractivity contribution in [1.82, 2.24) is 5.32 Å². The van der Waals surface area contributed by atoms with Crippen LogP contribution in [0.3, 0.4) is 0 Å². The van der Waals surface area contributed by atoms with Crippen LogP contribution in [0.4, 0.5) is 0 Å². The second-order valence-electron chi connectivity index (χ2n) is 5.07. The summed E-state index contributed by atoms with van der Waals surface area (Å²) in [6.45, 7) is 9.63. The predicted octanol–water partition coefficient (Wildman–Crippen LogP) is 2.08. The van der Waals surface area contributed by atoms with Gasteiger partial charge in [-0.3, -0.25) is 0 Å². The number of rotatable bonds is 8. The lowest BCUT2D eigenvalue weighted by molar-refractivity contribution is 0.283. The second-order valence-corrected chi connectivity index (χ2v) is 7.33. The number of sulfone groups is 1. The molecule has 16 heavy (non-hydrogen) atoms. The third-order valence-electron chi connectivity index (χ3n) is 3.04. The molecule has 0 aliphatic rings. The van der Waals surface area contributed by atoms with Crippen LogP contribution in [0.1, 0.15) is 40.5 Å². The lowest BCUT2D eigenvalue weighted by Crippen LogP contribution is -2.37. The summed E-state index contributed by atoms with van der Waals surface area (Å²) in [5, 5.41) is 3.46. The minimum Gasteiger partial charge on any atom is -0.314 e. The molecule has 0 saturated heterocycles. The molecule has 0 heterocycles. The molecule has 2 unspecified atom stereocenters.